The largest absolute Gasteiger partial charge is 0.339 e. The van der Waals surface area contributed by atoms with Gasteiger partial charge in [-0.3, -0.25) is 5.10 Å². The molecule has 5 rings (SSSR count). The van der Waals surface area contributed by atoms with Crippen molar-refractivity contribution in [3.8, 4) is 22.4 Å². The molecule has 3 aromatic heterocycles. The smallest absolute Gasteiger partial charge is 0.137 e. The van der Waals surface area contributed by atoms with Gasteiger partial charge in [-0.15, -0.1) is 0 Å². The summed E-state index contributed by atoms with van der Waals surface area (Å²) >= 11 is 0. The van der Waals surface area contributed by atoms with Gasteiger partial charge in [0.25, 0.3) is 0 Å². The highest BCUT2D eigenvalue weighted by Gasteiger charge is 2.08. The fourth-order valence-corrected chi connectivity index (χ4v) is 3.32. The first-order valence-corrected chi connectivity index (χ1v) is 8.47. The molecule has 26 heavy (non-hydrogen) atoms. The van der Waals surface area contributed by atoms with E-state index in [0.29, 0.717) is 0 Å². The van der Waals surface area contributed by atoms with Crippen LogP contribution in [0.1, 0.15) is 5.69 Å². The van der Waals surface area contributed by atoms with Crippen molar-refractivity contribution in [1.29, 1.82) is 0 Å². The Hall–Kier alpha value is -3.66. The molecule has 0 fully saturated rings. The molecule has 4 nitrogen and oxygen atoms in total. The summed E-state index contributed by atoms with van der Waals surface area (Å²) in [5.74, 6) is 0. The van der Waals surface area contributed by atoms with E-state index in [9.17, 15) is 0 Å². The van der Waals surface area contributed by atoms with Crippen molar-refractivity contribution in [2.75, 3.05) is 0 Å². The number of aromatic nitrogens is 4. The summed E-state index contributed by atoms with van der Waals surface area (Å²) in [5.41, 5.74) is 7.18. The van der Waals surface area contributed by atoms with E-state index in [1.807, 2.05) is 30.5 Å². The van der Waals surface area contributed by atoms with E-state index < -0.39 is 0 Å². The molecule has 0 unspecified atom stereocenters. The Morgan fingerprint density at radius 1 is 0.885 bits per heavy atom. The summed E-state index contributed by atoms with van der Waals surface area (Å²) in [6.07, 6.45) is 3.67. The van der Waals surface area contributed by atoms with Gasteiger partial charge >= 0.3 is 0 Å². The van der Waals surface area contributed by atoms with E-state index in [-0.39, 0.29) is 0 Å². The lowest BCUT2D eigenvalue weighted by Crippen LogP contribution is -1.82. The molecule has 2 N–H and O–H groups in total. The summed E-state index contributed by atoms with van der Waals surface area (Å²) in [6.45, 7) is 3.83. The maximum Gasteiger partial charge on any atom is 0.137 e. The zero-order valence-electron chi connectivity index (χ0n) is 14.0. The molecule has 0 saturated heterocycles. The van der Waals surface area contributed by atoms with Crippen molar-refractivity contribution < 1.29 is 0 Å². The minimum atomic E-state index is 0.865. The number of fused-ring (bicyclic) bond motifs is 2. The Balaban J connectivity index is 1.62. The molecule has 0 radical (unpaired) electrons. The van der Waals surface area contributed by atoms with Crippen LogP contribution in [0.15, 0.2) is 73.4 Å². The average Bonchev–Trinajstić information content (AvgIpc) is 3.31. The van der Waals surface area contributed by atoms with E-state index >= 15 is 0 Å². The van der Waals surface area contributed by atoms with Gasteiger partial charge in [0, 0.05) is 28.2 Å². The van der Waals surface area contributed by atoms with Gasteiger partial charge in [-0.25, -0.2) is 4.98 Å². The summed E-state index contributed by atoms with van der Waals surface area (Å²) in [7, 11) is 0. The first-order valence-electron chi connectivity index (χ1n) is 8.47. The van der Waals surface area contributed by atoms with Crippen molar-refractivity contribution in [3.63, 3.8) is 0 Å². The Labute approximate surface area is 150 Å². The number of pyridine rings is 1. The SMILES string of the molecule is C=Cc1n[nH]c2ccc(-c3cnc4[nH]c(-c5ccccc5)cc4c3)cc12. The van der Waals surface area contributed by atoms with Crippen LogP contribution in [-0.4, -0.2) is 20.2 Å². The highest BCUT2D eigenvalue weighted by Crippen LogP contribution is 2.29. The molecular weight excluding hydrogens is 320 g/mol. The molecule has 0 aliphatic heterocycles. The minimum absolute atomic E-state index is 0.865. The van der Waals surface area contributed by atoms with Crippen molar-refractivity contribution >= 4 is 28.0 Å². The van der Waals surface area contributed by atoms with Crippen molar-refractivity contribution in [1.82, 2.24) is 20.2 Å². The van der Waals surface area contributed by atoms with Gasteiger partial charge in [-0.05, 0) is 41.5 Å². The zero-order chi connectivity index (χ0) is 17.5. The van der Waals surface area contributed by atoms with Gasteiger partial charge in [0.05, 0.1) is 11.2 Å². The molecule has 4 heteroatoms. The predicted octanol–water partition coefficient (Wildman–Crippen LogP) is 5.42. The molecule has 124 valence electrons. The number of hydrogen-bond acceptors (Lipinski definition) is 2. The lowest BCUT2D eigenvalue weighted by Gasteiger charge is -2.02. The standard InChI is InChI=1S/C22H16N4/c1-2-19-18-11-15(8-9-20(18)26-25-19)17-10-16-12-21(24-22(16)23-13-17)14-6-4-3-5-7-14/h2-13H,1H2,(H,23,24)(H,25,26). The van der Waals surface area contributed by atoms with Gasteiger partial charge in [-0.2, -0.15) is 5.10 Å². The third-order valence-corrected chi connectivity index (χ3v) is 4.67. The van der Waals surface area contributed by atoms with Crippen molar-refractivity contribution in [3.05, 3.63) is 79.1 Å². The second-order valence-electron chi connectivity index (χ2n) is 6.28. The molecule has 0 saturated carbocycles. The summed E-state index contributed by atoms with van der Waals surface area (Å²) in [6, 6.07) is 20.9. The number of rotatable bonds is 3. The molecule has 2 aromatic carbocycles. The first-order chi connectivity index (χ1) is 12.8. The lowest BCUT2D eigenvalue weighted by atomic mass is 10.0. The Kier molecular flexibility index (Phi) is 3.22. The van der Waals surface area contributed by atoms with Crippen molar-refractivity contribution in [2.45, 2.75) is 0 Å². The van der Waals surface area contributed by atoms with Gasteiger partial charge in [0.2, 0.25) is 0 Å². The molecule has 0 aliphatic rings. The zero-order valence-corrected chi connectivity index (χ0v) is 14.0. The Morgan fingerprint density at radius 2 is 1.77 bits per heavy atom. The second kappa shape index (κ2) is 5.70. The van der Waals surface area contributed by atoms with E-state index in [4.69, 9.17) is 0 Å². The fraction of sp³-hybridized carbons (Fsp3) is 0. The number of benzene rings is 2. The molecule has 0 bridgehead atoms. The summed E-state index contributed by atoms with van der Waals surface area (Å²) in [4.78, 5) is 8.01. The van der Waals surface area contributed by atoms with E-state index in [1.165, 1.54) is 0 Å². The van der Waals surface area contributed by atoms with E-state index in [2.05, 4.69) is 63.1 Å². The maximum absolute atomic E-state index is 4.61. The number of nitrogens with one attached hydrogen (secondary N) is 2. The average molecular weight is 336 g/mol. The van der Waals surface area contributed by atoms with Crippen LogP contribution in [0.5, 0.6) is 0 Å². The monoisotopic (exact) mass is 336 g/mol. The Morgan fingerprint density at radius 3 is 2.62 bits per heavy atom. The lowest BCUT2D eigenvalue weighted by molar-refractivity contribution is 1.11. The van der Waals surface area contributed by atoms with Crippen LogP contribution in [0.4, 0.5) is 0 Å². The Bertz CT molecular complexity index is 1250. The van der Waals surface area contributed by atoms with Crippen LogP contribution in [0.3, 0.4) is 0 Å². The number of nitrogens with zero attached hydrogens (tertiary/aromatic N) is 2. The van der Waals surface area contributed by atoms with Gasteiger partial charge in [0.15, 0.2) is 0 Å². The molecule has 0 atom stereocenters. The number of hydrogen-bond donors (Lipinski definition) is 2. The van der Waals surface area contributed by atoms with Crippen LogP contribution in [0, 0.1) is 0 Å². The van der Waals surface area contributed by atoms with Crippen molar-refractivity contribution in [2.24, 2.45) is 0 Å². The van der Waals surface area contributed by atoms with Gasteiger partial charge in [0.1, 0.15) is 5.65 Å². The molecule has 0 amide bonds. The molecule has 0 spiro atoms. The third-order valence-electron chi connectivity index (χ3n) is 4.67. The summed E-state index contributed by atoms with van der Waals surface area (Å²) in [5, 5.41) is 9.46. The van der Waals surface area contributed by atoms with Crippen LogP contribution in [-0.2, 0) is 0 Å². The first kappa shape index (κ1) is 14.7. The number of aromatic amines is 2. The van der Waals surface area contributed by atoms with Crippen LogP contribution in [0.2, 0.25) is 0 Å². The third kappa shape index (κ3) is 2.31. The van der Waals surface area contributed by atoms with Gasteiger partial charge in [-0.1, -0.05) is 43.0 Å². The second-order valence-corrected chi connectivity index (χ2v) is 6.28. The molecule has 3 heterocycles. The molecule has 5 aromatic rings. The van der Waals surface area contributed by atoms with Gasteiger partial charge < -0.3 is 4.98 Å². The van der Waals surface area contributed by atoms with E-state index in [1.54, 1.807) is 6.08 Å². The summed E-state index contributed by atoms with van der Waals surface area (Å²) < 4.78 is 0. The van der Waals surface area contributed by atoms with Crippen LogP contribution < -0.4 is 0 Å². The quantitative estimate of drug-likeness (QED) is 0.462. The normalized spacial score (nSPS) is 11.2. The van der Waals surface area contributed by atoms with E-state index in [0.717, 1.165) is 50.0 Å². The number of H-pyrrole nitrogens is 2. The topological polar surface area (TPSA) is 57.4 Å². The molecular formula is C22H16N4. The van der Waals surface area contributed by atoms with Crippen LogP contribution >= 0.6 is 0 Å². The molecule has 0 aliphatic carbocycles. The predicted molar refractivity (Wildman–Crippen MR) is 107 cm³/mol. The highest BCUT2D eigenvalue weighted by atomic mass is 15.1. The fourth-order valence-electron chi connectivity index (χ4n) is 3.32. The highest BCUT2D eigenvalue weighted by molar-refractivity contribution is 5.92. The van der Waals surface area contributed by atoms with Crippen LogP contribution in [0.25, 0.3) is 50.4 Å². The minimum Gasteiger partial charge on any atom is -0.339 e. The maximum atomic E-state index is 4.61.